The lowest BCUT2D eigenvalue weighted by molar-refractivity contribution is -0.121. The van der Waals surface area contributed by atoms with Gasteiger partial charge in [0.15, 0.2) is 0 Å². The van der Waals surface area contributed by atoms with E-state index in [1.54, 1.807) is 6.07 Å². The van der Waals surface area contributed by atoms with E-state index < -0.39 is 0 Å². The molecule has 0 bridgehead atoms. The molecular formula is C17H16ClNO2. The Morgan fingerprint density at radius 3 is 2.95 bits per heavy atom. The maximum Gasteiger partial charge on any atom is 0.231 e. The molecule has 1 aliphatic rings. The summed E-state index contributed by atoms with van der Waals surface area (Å²) in [7, 11) is 0. The molecule has 0 aliphatic carbocycles. The summed E-state index contributed by atoms with van der Waals surface area (Å²) in [6, 6.07) is 13.3. The number of hydrogen-bond acceptors (Lipinski definition) is 2. The fraction of sp³-hybridized carbons (Fsp3) is 0.235. The number of halogens is 1. The molecule has 1 atom stereocenters. The number of rotatable bonds is 2. The van der Waals surface area contributed by atoms with Crippen molar-refractivity contribution in [3.05, 3.63) is 58.6 Å². The molecule has 0 radical (unpaired) electrons. The van der Waals surface area contributed by atoms with Gasteiger partial charge in [0.2, 0.25) is 5.91 Å². The van der Waals surface area contributed by atoms with Gasteiger partial charge in [-0.3, -0.25) is 4.79 Å². The molecule has 2 aromatic carbocycles. The number of aryl methyl sites for hydroxylation is 1. The van der Waals surface area contributed by atoms with Gasteiger partial charge < -0.3 is 10.1 Å². The Morgan fingerprint density at radius 2 is 2.14 bits per heavy atom. The molecular weight excluding hydrogens is 286 g/mol. The molecule has 0 saturated carbocycles. The van der Waals surface area contributed by atoms with Crippen LogP contribution in [0.4, 0.5) is 5.69 Å². The Kier molecular flexibility index (Phi) is 3.84. The summed E-state index contributed by atoms with van der Waals surface area (Å²) >= 11 is 6.00. The third-order valence-electron chi connectivity index (χ3n) is 3.59. The summed E-state index contributed by atoms with van der Waals surface area (Å²) in [4.78, 5) is 12.3. The van der Waals surface area contributed by atoms with Crippen molar-refractivity contribution in [2.24, 2.45) is 5.92 Å². The average molecular weight is 302 g/mol. The van der Waals surface area contributed by atoms with Gasteiger partial charge in [-0.05, 0) is 54.8 Å². The standard InChI is InChI=1S/C17H16ClNO2/c1-11-3-2-4-15(7-11)19-17(20)13-8-12-9-14(18)5-6-16(12)21-10-13/h2-7,9,13H,8,10H2,1H3,(H,19,20). The normalized spacial score (nSPS) is 16.8. The van der Waals surface area contributed by atoms with Crippen LogP contribution >= 0.6 is 11.6 Å². The number of nitrogens with one attached hydrogen (secondary N) is 1. The molecule has 0 aromatic heterocycles. The Bertz CT molecular complexity index is 684. The number of hydrogen-bond donors (Lipinski definition) is 1. The molecule has 0 saturated heterocycles. The van der Waals surface area contributed by atoms with E-state index in [0.717, 1.165) is 22.6 Å². The van der Waals surface area contributed by atoms with Gasteiger partial charge in [-0.2, -0.15) is 0 Å². The molecule has 21 heavy (non-hydrogen) atoms. The molecule has 3 rings (SSSR count). The molecule has 1 amide bonds. The van der Waals surface area contributed by atoms with Crippen molar-refractivity contribution >= 4 is 23.2 Å². The summed E-state index contributed by atoms with van der Waals surface area (Å²) in [6.07, 6.45) is 0.646. The second kappa shape index (κ2) is 5.78. The van der Waals surface area contributed by atoms with Crippen LogP contribution in [0.1, 0.15) is 11.1 Å². The molecule has 4 heteroatoms. The van der Waals surface area contributed by atoms with Gasteiger partial charge in [-0.25, -0.2) is 0 Å². The lowest BCUT2D eigenvalue weighted by Crippen LogP contribution is -2.32. The van der Waals surface area contributed by atoms with Gasteiger partial charge in [0.25, 0.3) is 0 Å². The van der Waals surface area contributed by atoms with Crippen LogP contribution in [0.2, 0.25) is 5.02 Å². The Balaban J connectivity index is 1.72. The highest BCUT2D eigenvalue weighted by atomic mass is 35.5. The number of carbonyl (C=O) groups excluding carboxylic acids is 1. The van der Waals surface area contributed by atoms with Gasteiger partial charge in [-0.1, -0.05) is 23.7 Å². The molecule has 1 N–H and O–H groups in total. The van der Waals surface area contributed by atoms with Crippen molar-refractivity contribution < 1.29 is 9.53 Å². The minimum Gasteiger partial charge on any atom is -0.492 e. The molecule has 0 spiro atoms. The molecule has 1 heterocycles. The topological polar surface area (TPSA) is 38.3 Å². The van der Waals surface area contributed by atoms with E-state index in [0.29, 0.717) is 18.1 Å². The predicted octanol–water partition coefficient (Wildman–Crippen LogP) is 3.84. The quantitative estimate of drug-likeness (QED) is 0.915. The number of anilines is 1. The first-order chi connectivity index (χ1) is 10.1. The molecule has 1 aliphatic heterocycles. The molecule has 1 unspecified atom stereocenters. The van der Waals surface area contributed by atoms with E-state index in [-0.39, 0.29) is 11.8 Å². The third kappa shape index (κ3) is 3.19. The van der Waals surface area contributed by atoms with E-state index in [1.165, 1.54) is 0 Å². The zero-order chi connectivity index (χ0) is 14.8. The Hall–Kier alpha value is -2.00. The monoisotopic (exact) mass is 301 g/mol. The second-order valence-electron chi connectivity index (χ2n) is 5.32. The van der Waals surface area contributed by atoms with E-state index in [4.69, 9.17) is 16.3 Å². The summed E-state index contributed by atoms with van der Waals surface area (Å²) in [5, 5.41) is 3.61. The van der Waals surface area contributed by atoms with Crippen molar-refractivity contribution in [1.29, 1.82) is 0 Å². The zero-order valence-corrected chi connectivity index (χ0v) is 12.5. The SMILES string of the molecule is Cc1cccc(NC(=O)C2COc3ccc(Cl)cc3C2)c1. The van der Waals surface area contributed by atoms with Gasteiger partial charge in [0.1, 0.15) is 12.4 Å². The average Bonchev–Trinajstić information content (AvgIpc) is 2.46. The first-order valence-corrected chi connectivity index (χ1v) is 7.28. The maximum absolute atomic E-state index is 12.3. The second-order valence-corrected chi connectivity index (χ2v) is 5.76. The van der Waals surface area contributed by atoms with E-state index in [2.05, 4.69) is 5.32 Å². The van der Waals surface area contributed by atoms with E-state index in [9.17, 15) is 4.79 Å². The smallest absolute Gasteiger partial charge is 0.231 e. The number of carbonyl (C=O) groups is 1. The van der Waals surface area contributed by atoms with Gasteiger partial charge >= 0.3 is 0 Å². The minimum absolute atomic E-state index is 0.0220. The molecule has 0 fully saturated rings. The highest BCUT2D eigenvalue weighted by Gasteiger charge is 2.26. The number of fused-ring (bicyclic) bond motifs is 1. The van der Waals surface area contributed by atoms with Gasteiger partial charge in [0, 0.05) is 10.7 Å². The zero-order valence-electron chi connectivity index (χ0n) is 11.7. The van der Waals surface area contributed by atoms with Gasteiger partial charge in [0.05, 0.1) is 5.92 Å². The lowest BCUT2D eigenvalue weighted by Gasteiger charge is -2.24. The van der Waals surface area contributed by atoms with Crippen LogP contribution in [0, 0.1) is 12.8 Å². The summed E-state index contributed by atoms with van der Waals surface area (Å²) in [5.41, 5.74) is 2.92. The Morgan fingerprint density at radius 1 is 1.29 bits per heavy atom. The van der Waals surface area contributed by atoms with Crippen LogP contribution in [-0.2, 0) is 11.2 Å². The fourth-order valence-electron chi connectivity index (χ4n) is 2.50. The predicted molar refractivity (Wildman–Crippen MR) is 83.9 cm³/mol. The van der Waals surface area contributed by atoms with Crippen LogP contribution in [0.3, 0.4) is 0 Å². The third-order valence-corrected chi connectivity index (χ3v) is 3.82. The summed E-state index contributed by atoms with van der Waals surface area (Å²) in [6.45, 7) is 2.39. The lowest BCUT2D eigenvalue weighted by atomic mass is 9.96. The number of amides is 1. The molecule has 108 valence electrons. The van der Waals surface area contributed by atoms with Crippen LogP contribution in [-0.4, -0.2) is 12.5 Å². The highest BCUT2D eigenvalue weighted by Crippen LogP contribution is 2.30. The highest BCUT2D eigenvalue weighted by molar-refractivity contribution is 6.30. The summed E-state index contributed by atoms with van der Waals surface area (Å²) in [5.74, 6) is 0.599. The van der Waals surface area contributed by atoms with Crippen molar-refractivity contribution in [1.82, 2.24) is 0 Å². The first kappa shape index (κ1) is 14.0. The summed E-state index contributed by atoms with van der Waals surface area (Å²) < 4.78 is 5.65. The van der Waals surface area contributed by atoms with Crippen LogP contribution in [0.25, 0.3) is 0 Å². The Labute approximate surface area is 128 Å². The maximum atomic E-state index is 12.3. The van der Waals surface area contributed by atoms with Crippen molar-refractivity contribution in [2.75, 3.05) is 11.9 Å². The van der Waals surface area contributed by atoms with Crippen molar-refractivity contribution in [3.63, 3.8) is 0 Å². The largest absolute Gasteiger partial charge is 0.492 e. The molecule has 2 aromatic rings. The van der Waals surface area contributed by atoms with Crippen molar-refractivity contribution in [2.45, 2.75) is 13.3 Å². The molecule has 3 nitrogen and oxygen atoms in total. The fourth-order valence-corrected chi connectivity index (χ4v) is 2.69. The van der Waals surface area contributed by atoms with Crippen LogP contribution in [0.15, 0.2) is 42.5 Å². The number of ether oxygens (including phenoxy) is 1. The van der Waals surface area contributed by atoms with Crippen LogP contribution < -0.4 is 10.1 Å². The van der Waals surface area contributed by atoms with Gasteiger partial charge in [-0.15, -0.1) is 0 Å². The first-order valence-electron chi connectivity index (χ1n) is 6.90. The number of benzene rings is 2. The minimum atomic E-state index is -0.198. The van der Waals surface area contributed by atoms with Crippen LogP contribution in [0.5, 0.6) is 5.75 Å². The van der Waals surface area contributed by atoms with Crippen molar-refractivity contribution in [3.8, 4) is 5.75 Å². The van der Waals surface area contributed by atoms with E-state index >= 15 is 0 Å². The van der Waals surface area contributed by atoms with E-state index in [1.807, 2.05) is 43.3 Å².